The van der Waals surface area contributed by atoms with Crippen LogP contribution in [0.4, 0.5) is 4.79 Å². The van der Waals surface area contributed by atoms with Gasteiger partial charge in [-0.2, -0.15) is 0 Å². The predicted octanol–water partition coefficient (Wildman–Crippen LogP) is 3.44. The molecule has 2 heterocycles. The van der Waals surface area contributed by atoms with Crippen LogP contribution in [0.2, 0.25) is 0 Å². The van der Waals surface area contributed by atoms with Crippen molar-refractivity contribution >= 4 is 27.3 Å². The third-order valence-electron chi connectivity index (χ3n) is 4.19. The Labute approximate surface area is 164 Å². The summed E-state index contributed by atoms with van der Waals surface area (Å²) in [5.74, 6) is -0.0789. The van der Waals surface area contributed by atoms with Gasteiger partial charge in [-0.25, -0.2) is 18.2 Å². The fourth-order valence-corrected chi connectivity index (χ4v) is 5.79. The van der Waals surface area contributed by atoms with Gasteiger partial charge in [0.25, 0.3) is 0 Å². The second-order valence-electron chi connectivity index (χ2n) is 7.62. The van der Waals surface area contributed by atoms with Gasteiger partial charge in [-0.05, 0) is 26.3 Å². The summed E-state index contributed by atoms with van der Waals surface area (Å²) < 4.78 is 30.6. The molecule has 0 radical (unpaired) electrons. The second-order valence-corrected chi connectivity index (χ2v) is 10.8. The first kappa shape index (κ1) is 19.8. The molecule has 0 saturated carbocycles. The topological polar surface area (TPSA) is 76.6 Å². The fourth-order valence-electron chi connectivity index (χ4n) is 2.87. The lowest BCUT2D eigenvalue weighted by Gasteiger charge is -2.33. The molecule has 3 rings (SSSR count). The number of hydrogen-bond donors (Lipinski definition) is 0. The number of hydrogen-bond acceptors (Lipinski definition) is 6. The van der Waals surface area contributed by atoms with Gasteiger partial charge in [-0.15, -0.1) is 11.3 Å². The maximum atomic E-state index is 12.6. The number of thiazole rings is 1. The Morgan fingerprint density at radius 2 is 2.00 bits per heavy atom. The van der Waals surface area contributed by atoms with Crippen LogP contribution in [0.25, 0.3) is 0 Å². The fraction of sp³-hybridized carbons (Fsp3) is 0.474. The first-order chi connectivity index (χ1) is 12.6. The summed E-state index contributed by atoms with van der Waals surface area (Å²) in [6.07, 6.45) is 0.170. The largest absolute Gasteiger partial charge is 0.444 e. The lowest BCUT2D eigenvalue weighted by atomic mass is 10.1. The molecule has 1 aliphatic rings. The van der Waals surface area contributed by atoms with Crippen molar-refractivity contribution in [3.8, 4) is 0 Å². The number of sulfone groups is 1. The second kappa shape index (κ2) is 7.59. The highest BCUT2D eigenvalue weighted by atomic mass is 32.2. The summed E-state index contributed by atoms with van der Waals surface area (Å²) in [5.41, 5.74) is 1.34. The number of ether oxygens (including phenoxy) is 1. The molecule has 1 aromatic carbocycles. The van der Waals surface area contributed by atoms with Crippen molar-refractivity contribution in [3.05, 3.63) is 52.0 Å². The highest BCUT2D eigenvalue weighted by Gasteiger charge is 2.39. The molecule has 27 heavy (non-hydrogen) atoms. The van der Waals surface area contributed by atoms with Crippen molar-refractivity contribution in [2.75, 3.05) is 18.8 Å². The standard InChI is InChI=1S/C19H24N2O4S2/c1-19(2,3)25-18(22)21-9-10-27(23,24)16(12-21)17-20-15(13-26-17)11-14-7-5-4-6-8-14/h4-8,13,16H,9-12H2,1-3H3. The van der Waals surface area contributed by atoms with Gasteiger partial charge in [0.2, 0.25) is 0 Å². The molecular formula is C19H24N2O4S2. The van der Waals surface area contributed by atoms with Gasteiger partial charge in [0, 0.05) is 24.9 Å². The molecule has 8 heteroatoms. The van der Waals surface area contributed by atoms with Gasteiger partial charge >= 0.3 is 6.09 Å². The van der Waals surface area contributed by atoms with E-state index < -0.39 is 26.8 Å². The van der Waals surface area contributed by atoms with E-state index in [1.807, 2.05) is 35.7 Å². The van der Waals surface area contributed by atoms with Crippen LogP contribution in [-0.4, -0.2) is 48.8 Å². The first-order valence-electron chi connectivity index (χ1n) is 8.82. The zero-order valence-electron chi connectivity index (χ0n) is 15.7. The Kier molecular flexibility index (Phi) is 5.58. The van der Waals surface area contributed by atoms with Crippen LogP contribution in [0.1, 0.15) is 42.3 Å². The summed E-state index contributed by atoms with van der Waals surface area (Å²) in [4.78, 5) is 18.4. The molecule has 1 aliphatic heterocycles. The van der Waals surface area contributed by atoms with Gasteiger partial charge in [0.1, 0.15) is 15.9 Å². The Hall–Kier alpha value is -1.93. The molecule has 0 spiro atoms. The average Bonchev–Trinajstić information content (AvgIpc) is 3.02. The highest BCUT2D eigenvalue weighted by Crippen LogP contribution is 2.31. The summed E-state index contributed by atoms with van der Waals surface area (Å²) in [7, 11) is -3.35. The third kappa shape index (κ3) is 5.07. The van der Waals surface area contributed by atoms with E-state index in [0.717, 1.165) is 11.3 Å². The molecule has 1 amide bonds. The van der Waals surface area contributed by atoms with E-state index in [0.29, 0.717) is 11.4 Å². The summed E-state index contributed by atoms with van der Waals surface area (Å²) in [5, 5.41) is 1.63. The average molecular weight is 409 g/mol. The van der Waals surface area contributed by atoms with Gasteiger partial charge in [-0.1, -0.05) is 30.3 Å². The number of rotatable bonds is 3. The van der Waals surface area contributed by atoms with Crippen LogP contribution >= 0.6 is 11.3 Å². The SMILES string of the molecule is CC(C)(C)OC(=O)N1CCS(=O)(=O)C(c2nc(Cc3ccccc3)cs2)C1. The first-order valence-corrected chi connectivity index (χ1v) is 11.4. The van der Waals surface area contributed by atoms with E-state index in [-0.39, 0.29) is 18.8 Å². The van der Waals surface area contributed by atoms with E-state index in [4.69, 9.17) is 4.74 Å². The minimum Gasteiger partial charge on any atom is -0.444 e. The van der Waals surface area contributed by atoms with Gasteiger partial charge < -0.3 is 9.64 Å². The monoisotopic (exact) mass is 408 g/mol. The molecule has 6 nitrogen and oxygen atoms in total. The van der Waals surface area contributed by atoms with Crippen molar-refractivity contribution in [3.63, 3.8) is 0 Å². The Bertz CT molecular complexity index is 901. The molecule has 1 unspecified atom stereocenters. The molecular weight excluding hydrogens is 384 g/mol. The van der Waals surface area contributed by atoms with Crippen LogP contribution in [0, 0.1) is 0 Å². The quantitative estimate of drug-likeness (QED) is 0.778. The summed E-state index contributed by atoms with van der Waals surface area (Å²) >= 11 is 1.34. The zero-order chi connectivity index (χ0) is 19.7. The molecule has 1 aromatic heterocycles. The van der Waals surface area contributed by atoms with Crippen molar-refractivity contribution < 1.29 is 17.9 Å². The maximum Gasteiger partial charge on any atom is 0.410 e. The van der Waals surface area contributed by atoms with Crippen LogP contribution in [-0.2, 0) is 21.0 Å². The maximum absolute atomic E-state index is 12.6. The van der Waals surface area contributed by atoms with E-state index in [2.05, 4.69) is 4.98 Å². The number of carbonyl (C=O) groups is 1. The number of nitrogens with zero attached hydrogens (tertiary/aromatic N) is 2. The van der Waals surface area contributed by atoms with Crippen molar-refractivity contribution in [1.82, 2.24) is 9.88 Å². The van der Waals surface area contributed by atoms with Crippen LogP contribution in [0.3, 0.4) is 0 Å². The van der Waals surface area contributed by atoms with Crippen molar-refractivity contribution in [1.29, 1.82) is 0 Å². The normalized spacial score (nSPS) is 19.7. The number of aromatic nitrogens is 1. The van der Waals surface area contributed by atoms with E-state index in [9.17, 15) is 13.2 Å². The number of carbonyl (C=O) groups excluding carboxylic acids is 1. The molecule has 0 bridgehead atoms. The van der Waals surface area contributed by atoms with Gasteiger partial charge in [0.05, 0.1) is 11.4 Å². The molecule has 1 fully saturated rings. The minimum absolute atomic E-state index is 0.0789. The Balaban J connectivity index is 1.76. The van der Waals surface area contributed by atoms with Gasteiger partial charge in [-0.3, -0.25) is 0 Å². The smallest absolute Gasteiger partial charge is 0.410 e. The summed E-state index contributed by atoms with van der Waals surface area (Å²) in [6, 6.07) is 9.91. The van der Waals surface area contributed by atoms with Crippen LogP contribution < -0.4 is 0 Å². The van der Waals surface area contributed by atoms with Crippen molar-refractivity contribution in [2.24, 2.45) is 0 Å². The molecule has 0 N–H and O–H groups in total. The third-order valence-corrected chi connectivity index (χ3v) is 7.34. The van der Waals surface area contributed by atoms with Gasteiger partial charge in [0.15, 0.2) is 9.84 Å². The van der Waals surface area contributed by atoms with Crippen LogP contribution in [0.5, 0.6) is 0 Å². The Morgan fingerprint density at radius 3 is 2.67 bits per heavy atom. The van der Waals surface area contributed by atoms with Crippen LogP contribution in [0.15, 0.2) is 35.7 Å². The lowest BCUT2D eigenvalue weighted by Crippen LogP contribution is -2.47. The predicted molar refractivity (Wildman–Crippen MR) is 106 cm³/mol. The molecule has 1 atom stereocenters. The van der Waals surface area contributed by atoms with E-state index >= 15 is 0 Å². The molecule has 1 saturated heterocycles. The highest BCUT2D eigenvalue weighted by molar-refractivity contribution is 7.91. The lowest BCUT2D eigenvalue weighted by molar-refractivity contribution is 0.0253. The molecule has 0 aliphatic carbocycles. The van der Waals surface area contributed by atoms with E-state index in [1.165, 1.54) is 16.2 Å². The Morgan fingerprint density at radius 1 is 1.30 bits per heavy atom. The molecule has 146 valence electrons. The molecule has 2 aromatic rings. The number of benzene rings is 1. The number of amides is 1. The van der Waals surface area contributed by atoms with E-state index in [1.54, 1.807) is 20.8 Å². The minimum atomic E-state index is -3.35. The van der Waals surface area contributed by atoms with Crippen molar-refractivity contribution in [2.45, 2.75) is 38.0 Å². The zero-order valence-corrected chi connectivity index (χ0v) is 17.3. The summed E-state index contributed by atoms with van der Waals surface area (Å²) in [6.45, 7) is 5.60.